The van der Waals surface area contributed by atoms with Gasteiger partial charge in [-0.25, -0.2) is 15.0 Å². The Morgan fingerprint density at radius 1 is 1.15 bits per heavy atom. The molecular weight excluding hydrogens is 416 g/mol. The first kappa shape index (κ1) is 20.4. The zero-order chi connectivity index (χ0) is 22.4. The molecule has 170 valence electrons. The molecule has 1 aromatic carbocycles. The Labute approximate surface area is 193 Å². The number of piperazine rings is 1. The molecule has 33 heavy (non-hydrogen) atoms. The number of rotatable bonds is 6. The predicted molar refractivity (Wildman–Crippen MR) is 125 cm³/mol. The molecule has 0 unspecified atom stereocenters. The number of nitrogens with zero attached hydrogens (tertiary/aromatic N) is 6. The lowest BCUT2D eigenvalue weighted by molar-refractivity contribution is 0.164. The van der Waals surface area contributed by atoms with Crippen molar-refractivity contribution in [2.75, 3.05) is 24.5 Å². The fourth-order valence-electron chi connectivity index (χ4n) is 4.60. The first-order valence-corrected chi connectivity index (χ1v) is 11.6. The van der Waals surface area contributed by atoms with Crippen LogP contribution in [-0.2, 0) is 13.1 Å². The van der Waals surface area contributed by atoms with E-state index < -0.39 is 0 Å². The third kappa shape index (κ3) is 4.11. The fraction of sp³-hybridized carbons (Fsp3) is 0.440. The maximum atomic E-state index is 6.19. The van der Waals surface area contributed by atoms with Gasteiger partial charge in [-0.05, 0) is 44.4 Å². The molecule has 1 saturated heterocycles. The average Bonchev–Trinajstić information content (AvgIpc) is 3.18. The molecule has 6 rings (SSSR count). The van der Waals surface area contributed by atoms with E-state index in [1.807, 2.05) is 0 Å². The highest BCUT2D eigenvalue weighted by atomic mass is 16.5. The van der Waals surface area contributed by atoms with Crippen molar-refractivity contribution in [1.29, 1.82) is 0 Å². The molecule has 0 radical (unpaired) electrons. The molecule has 2 fully saturated rings. The number of benzene rings is 1. The number of hydrogen-bond acceptors (Lipinski definition) is 8. The van der Waals surface area contributed by atoms with E-state index in [4.69, 9.17) is 14.1 Å². The molecule has 2 aromatic heterocycles. The van der Waals surface area contributed by atoms with Gasteiger partial charge in [0.25, 0.3) is 0 Å². The van der Waals surface area contributed by atoms with E-state index in [2.05, 4.69) is 62.9 Å². The summed E-state index contributed by atoms with van der Waals surface area (Å²) in [6.07, 6.45) is 7.21. The molecule has 4 heterocycles. The maximum absolute atomic E-state index is 6.19. The minimum absolute atomic E-state index is 0.00191. The SMILES string of the molecule is C[C@H]1CN(c2cc(C3=NCc4ccc(OC5(C)CC5)cc43)ncn2)CCN1Cc1ncco1. The summed E-state index contributed by atoms with van der Waals surface area (Å²) in [7, 11) is 0. The smallest absolute Gasteiger partial charge is 0.208 e. The van der Waals surface area contributed by atoms with Crippen LogP contribution in [0.3, 0.4) is 0 Å². The van der Waals surface area contributed by atoms with Gasteiger partial charge in [0.1, 0.15) is 29.8 Å². The second-order valence-corrected chi connectivity index (χ2v) is 9.49. The Morgan fingerprint density at radius 2 is 2.06 bits per heavy atom. The first-order valence-electron chi connectivity index (χ1n) is 11.6. The molecule has 0 amide bonds. The Kier molecular flexibility index (Phi) is 4.90. The van der Waals surface area contributed by atoms with Gasteiger partial charge in [0, 0.05) is 37.3 Å². The minimum atomic E-state index is -0.00191. The van der Waals surface area contributed by atoms with Crippen molar-refractivity contribution in [3.8, 4) is 5.75 Å². The summed E-state index contributed by atoms with van der Waals surface area (Å²) in [6.45, 7) is 8.50. The lowest BCUT2D eigenvalue weighted by Gasteiger charge is -2.39. The zero-order valence-electron chi connectivity index (χ0n) is 19.1. The van der Waals surface area contributed by atoms with E-state index in [0.29, 0.717) is 12.6 Å². The summed E-state index contributed by atoms with van der Waals surface area (Å²) in [5.41, 5.74) is 4.12. The summed E-state index contributed by atoms with van der Waals surface area (Å²) >= 11 is 0. The van der Waals surface area contributed by atoms with Crippen molar-refractivity contribution in [2.24, 2.45) is 4.99 Å². The van der Waals surface area contributed by atoms with Crippen LogP contribution in [0.15, 0.2) is 52.5 Å². The van der Waals surface area contributed by atoms with Gasteiger partial charge in [0.2, 0.25) is 5.89 Å². The van der Waals surface area contributed by atoms with Crippen LogP contribution in [0.2, 0.25) is 0 Å². The summed E-state index contributed by atoms with van der Waals surface area (Å²) in [5, 5.41) is 0. The van der Waals surface area contributed by atoms with Gasteiger partial charge in [0.05, 0.1) is 30.7 Å². The normalized spacial score (nSPS) is 21.6. The van der Waals surface area contributed by atoms with E-state index in [9.17, 15) is 0 Å². The van der Waals surface area contributed by atoms with Crippen molar-refractivity contribution in [3.05, 3.63) is 65.8 Å². The van der Waals surface area contributed by atoms with Gasteiger partial charge >= 0.3 is 0 Å². The van der Waals surface area contributed by atoms with Gasteiger partial charge in [-0.2, -0.15) is 0 Å². The van der Waals surface area contributed by atoms with Crippen molar-refractivity contribution in [1.82, 2.24) is 19.9 Å². The zero-order valence-corrected chi connectivity index (χ0v) is 19.1. The molecule has 8 heteroatoms. The Balaban J connectivity index is 1.19. The molecule has 1 saturated carbocycles. The minimum Gasteiger partial charge on any atom is -0.488 e. The van der Waals surface area contributed by atoms with Crippen LogP contribution in [0.1, 0.15) is 49.4 Å². The largest absolute Gasteiger partial charge is 0.488 e. The summed E-state index contributed by atoms with van der Waals surface area (Å²) in [4.78, 5) is 22.9. The van der Waals surface area contributed by atoms with Crippen LogP contribution in [0.25, 0.3) is 0 Å². The van der Waals surface area contributed by atoms with Gasteiger partial charge in [0.15, 0.2) is 0 Å². The second-order valence-electron chi connectivity index (χ2n) is 9.49. The summed E-state index contributed by atoms with van der Waals surface area (Å²) in [6, 6.07) is 8.74. The van der Waals surface area contributed by atoms with Gasteiger partial charge in [-0.1, -0.05) is 6.07 Å². The van der Waals surface area contributed by atoms with Gasteiger partial charge in [-0.3, -0.25) is 9.89 Å². The molecule has 2 aliphatic heterocycles. The molecule has 1 aliphatic carbocycles. The Bertz CT molecular complexity index is 1190. The fourth-order valence-corrected chi connectivity index (χ4v) is 4.60. The molecule has 0 N–H and O–H groups in total. The summed E-state index contributed by atoms with van der Waals surface area (Å²) in [5.74, 6) is 2.61. The molecule has 8 nitrogen and oxygen atoms in total. The lowest BCUT2D eigenvalue weighted by Crippen LogP contribution is -2.51. The third-order valence-electron chi connectivity index (χ3n) is 6.87. The topological polar surface area (TPSA) is 79.9 Å². The van der Waals surface area contributed by atoms with E-state index in [-0.39, 0.29) is 5.60 Å². The Morgan fingerprint density at radius 3 is 2.85 bits per heavy atom. The van der Waals surface area contributed by atoms with Crippen LogP contribution in [0, 0.1) is 0 Å². The number of aromatic nitrogens is 3. The number of hydrogen-bond donors (Lipinski definition) is 0. The number of ether oxygens (including phenoxy) is 1. The van der Waals surface area contributed by atoms with Crippen LogP contribution in [-0.4, -0.2) is 56.8 Å². The monoisotopic (exact) mass is 444 g/mol. The van der Waals surface area contributed by atoms with Crippen molar-refractivity contribution in [2.45, 2.75) is 51.4 Å². The van der Waals surface area contributed by atoms with E-state index in [0.717, 1.165) is 73.4 Å². The number of anilines is 1. The third-order valence-corrected chi connectivity index (χ3v) is 6.87. The number of oxazole rings is 1. The molecule has 1 atom stereocenters. The molecule has 3 aromatic rings. The summed E-state index contributed by atoms with van der Waals surface area (Å²) < 4.78 is 11.6. The number of aliphatic imine (C=N–C) groups is 1. The average molecular weight is 445 g/mol. The Hall–Kier alpha value is -3.26. The first-order chi connectivity index (χ1) is 16.1. The standard InChI is InChI=1S/C25H28N6O2/c1-17-14-31(9-8-30(17)15-23-26-7-10-32-23)22-12-21(28-16-29-22)24-20-11-19(33-25(2)5-6-25)4-3-18(20)13-27-24/h3-4,7,10-12,16-17H,5-6,8-9,13-15H2,1-2H3/t17-/m0/s1. The quantitative estimate of drug-likeness (QED) is 0.576. The van der Waals surface area contributed by atoms with Crippen LogP contribution < -0.4 is 9.64 Å². The lowest BCUT2D eigenvalue weighted by atomic mass is 10.0. The van der Waals surface area contributed by atoms with Crippen LogP contribution >= 0.6 is 0 Å². The van der Waals surface area contributed by atoms with E-state index in [1.54, 1.807) is 18.8 Å². The molecular formula is C25H28N6O2. The van der Waals surface area contributed by atoms with E-state index in [1.165, 1.54) is 5.56 Å². The van der Waals surface area contributed by atoms with Crippen LogP contribution in [0.5, 0.6) is 5.75 Å². The highest BCUT2D eigenvalue weighted by Gasteiger charge is 2.40. The highest BCUT2D eigenvalue weighted by molar-refractivity contribution is 6.14. The second kappa shape index (κ2) is 7.95. The molecule has 0 bridgehead atoms. The molecule has 0 spiro atoms. The number of fused-ring (bicyclic) bond motifs is 1. The van der Waals surface area contributed by atoms with E-state index >= 15 is 0 Å². The van der Waals surface area contributed by atoms with Gasteiger partial charge in [-0.15, -0.1) is 0 Å². The maximum Gasteiger partial charge on any atom is 0.208 e. The van der Waals surface area contributed by atoms with Crippen molar-refractivity contribution < 1.29 is 9.15 Å². The molecule has 3 aliphatic rings. The van der Waals surface area contributed by atoms with Crippen molar-refractivity contribution in [3.63, 3.8) is 0 Å². The van der Waals surface area contributed by atoms with Crippen LogP contribution in [0.4, 0.5) is 5.82 Å². The highest BCUT2D eigenvalue weighted by Crippen LogP contribution is 2.40. The van der Waals surface area contributed by atoms with Gasteiger partial charge < -0.3 is 14.1 Å². The van der Waals surface area contributed by atoms with Crippen molar-refractivity contribution >= 4 is 11.5 Å². The predicted octanol–water partition coefficient (Wildman–Crippen LogP) is 3.46.